The van der Waals surface area contributed by atoms with Gasteiger partial charge in [0.1, 0.15) is 11.8 Å². The lowest BCUT2D eigenvalue weighted by Crippen LogP contribution is -2.41. The summed E-state index contributed by atoms with van der Waals surface area (Å²) in [6.07, 6.45) is 5.39. The van der Waals surface area contributed by atoms with E-state index in [1.54, 1.807) is 12.5 Å². The molecule has 1 aliphatic heterocycles. The summed E-state index contributed by atoms with van der Waals surface area (Å²) in [5.74, 6) is -0.806. The number of nitrogens with zero attached hydrogens (tertiary/aromatic N) is 4. The molecule has 0 saturated heterocycles. The zero-order valence-electron chi connectivity index (χ0n) is 13.9. The van der Waals surface area contributed by atoms with E-state index in [1.165, 1.54) is 5.01 Å². The SMILES string of the molecule is C[C@@H](Cn1ccnc1)NC(=O)C1=NN(c2ccccc2)[C@@H](C(N)=O)C1. The number of hydrazone groups is 1. The van der Waals surface area contributed by atoms with Gasteiger partial charge in [-0.2, -0.15) is 5.10 Å². The first-order valence-corrected chi connectivity index (χ1v) is 8.02. The summed E-state index contributed by atoms with van der Waals surface area (Å²) in [6, 6.07) is 8.43. The Morgan fingerprint density at radius 2 is 2.12 bits per heavy atom. The quantitative estimate of drug-likeness (QED) is 0.799. The van der Waals surface area contributed by atoms with Crippen molar-refractivity contribution in [2.45, 2.75) is 32.0 Å². The number of imidazole rings is 1. The molecule has 2 heterocycles. The topological polar surface area (TPSA) is 106 Å². The van der Waals surface area contributed by atoms with Gasteiger partial charge in [-0.3, -0.25) is 14.6 Å². The monoisotopic (exact) mass is 340 g/mol. The Morgan fingerprint density at radius 3 is 2.76 bits per heavy atom. The Balaban J connectivity index is 1.70. The second-order valence-electron chi connectivity index (χ2n) is 5.98. The minimum atomic E-state index is -0.660. The summed E-state index contributed by atoms with van der Waals surface area (Å²) < 4.78 is 1.88. The van der Waals surface area contributed by atoms with Crippen molar-refractivity contribution in [3.63, 3.8) is 0 Å². The second kappa shape index (κ2) is 7.16. The van der Waals surface area contributed by atoms with Crippen LogP contribution in [-0.4, -0.2) is 39.2 Å². The number of primary amides is 1. The van der Waals surface area contributed by atoms with Crippen molar-refractivity contribution in [2.75, 3.05) is 5.01 Å². The predicted molar refractivity (Wildman–Crippen MR) is 93.8 cm³/mol. The van der Waals surface area contributed by atoms with E-state index in [0.29, 0.717) is 12.3 Å². The molecular weight excluding hydrogens is 320 g/mol. The molecule has 1 aliphatic rings. The van der Waals surface area contributed by atoms with Crippen molar-refractivity contribution in [3.05, 3.63) is 49.1 Å². The highest BCUT2D eigenvalue weighted by atomic mass is 16.2. The third-order valence-electron chi connectivity index (χ3n) is 3.94. The van der Waals surface area contributed by atoms with E-state index < -0.39 is 11.9 Å². The molecule has 2 amide bonds. The maximum atomic E-state index is 12.5. The summed E-state index contributed by atoms with van der Waals surface area (Å²) >= 11 is 0. The maximum absolute atomic E-state index is 12.5. The lowest BCUT2D eigenvalue weighted by atomic mass is 10.1. The third kappa shape index (κ3) is 3.85. The van der Waals surface area contributed by atoms with Crippen LogP contribution in [0.15, 0.2) is 54.2 Å². The molecule has 2 atom stereocenters. The van der Waals surface area contributed by atoms with Gasteiger partial charge in [0.2, 0.25) is 5.91 Å². The first-order chi connectivity index (χ1) is 12.0. The average Bonchev–Trinajstić information content (AvgIpc) is 3.24. The molecule has 0 aliphatic carbocycles. The normalized spacial score (nSPS) is 17.9. The molecule has 0 fully saturated rings. The summed E-state index contributed by atoms with van der Waals surface area (Å²) in [5.41, 5.74) is 6.50. The lowest BCUT2D eigenvalue weighted by Gasteiger charge is -2.20. The summed E-state index contributed by atoms with van der Waals surface area (Å²) in [5, 5.41) is 8.74. The minimum Gasteiger partial charge on any atom is -0.368 e. The molecule has 2 aromatic rings. The lowest BCUT2D eigenvalue weighted by molar-refractivity contribution is -0.119. The molecule has 1 aromatic heterocycles. The number of aromatic nitrogens is 2. The van der Waals surface area contributed by atoms with Gasteiger partial charge in [0.05, 0.1) is 12.0 Å². The highest BCUT2D eigenvalue weighted by Gasteiger charge is 2.35. The first-order valence-electron chi connectivity index (χ1n) is 8.02. The minimum absolute atomic E-state index is 0.109. The number of carbonyl (C=O) groups excluding carboxylic acids is 2. The van der Waals surface area contributed by atoms with Gasteiger partial charge in [-0.25, -0.2) is 4.98 Å². The fourth-order valence-electron chi connectivity index (χ4n) is 2.75. The standard InChI is InChI=1S/C17H20N6O2/c1-12(10-22-8-7-19-11-22)20-17(25)14-9-15(16(18)24)23(21-14)13-5-3-2-4-6-13/h2-8,11-12,15H,9-10H2,1H3,(H2,18,24)(H,20,25)/t12-,15+/m0/s1. The van der Waals surface area contributed by atoms with Gasteiger partial charge < -0.3 is 15.6 Å². The van der Waals surface area contributed by atoms with Crippen LogP contribution in [0.25, 0.3) is 0 Å². The van der Waals surface area contributed by atoms with E-state index in [2.05, 4.69) is 15.4 Å². The van der Waals surface area contributed by atoms with Gasteiger partial charge in [-0.15, -0.1) is 0 Å². The number of nitrogens with one attached hydrogen (secondary N) is 1. The molecule has 25 heavy (non-hydrogen) atoms. The second-order valence-corrected chi connectivity index (χ2v) is 5.98. The van der Waals surface area contributed by atoms with E-state index in [1.807, 2.05) is 48.0 Å². The van der Waals surface area contributed by atoms with Crippen LogP contribution in [0.1, 0.15) is 13.3 Å². The van der Waals surface area contributed by atoms with Gasteiger partial charge in [-0.05, 0) is 19.1 Å². The van der Waals surface area contributed by atoms with Crippen LogP contribution in [-0.2, 0) is 16.1 Å². The largest absolute Gasteiger partial charge is 0.368 e. The van der Waals surface area contributed by atoms with Crippen LogP contribution < -0.4 is 16.1 Å². The van der Waals surface area contributed by atoms with Crippen LogP contribution in [0, 0.1) is 0 Å². The van der Waals surface area contributed by atoms with Crippen molar-refractivity contribution in [1.29, 1.82) is 0 Å². The number of anilines is 1. The molecule has 3 N–H and O–H groups in total. The van der Waals surface area contributed by atoms with Crippen LogP contribution in [0.5, 0.6) is 0 Å². The van der Waals surface area contributed by atoms with E-state index >= 15 is 0 Å². The van der Waals surface area contributed by atoms with Gasteiger partial charge in [0.25, 0.3) is 5.91 Å². The number of benzene rings is 1. The molecule has 130 valence electrons. The van der Waals surface area contributed by atoms with Crippen molar-refractivity contribution in [3.8, 4) is 0 Å². The van der Waals surface area contributed by atoms with Crippen LogP contribution >= 0.6 is 0 Å². The van der Waals surface area contributed by atoms with Crippen LogP contribution in [0.4, 0.5) is 5.69 Å². The summed E-state index contributed by atoms with van der Waals surface area (Å²) in [7, 11) is 0. The van der Waals surface area contributed by atoms with Crippen molar-refractivity contribution >= 4 is 23.2 Å². The third-order valence-corrected chi connectivity index (χ3v) is 3.94. The van der Waals surface area contributed by atoms with Crippen molar-refractivity contribution in [1.82, 2.24) is 14.9 Å². The Labute approximate surface area is 145 Å². The Morgan fingerprint density at radius 1 is 1.36 bits per heavy atom. The molecule has 0 saturated carbocycles. The molecular formula is C17H20N6O2. The fourth-order valence-corrected chi connectivity index (χ4v) is 2.75. The first kappa shape index (κ1) is 16.7. The van der Waals surface area contributed by atoms with Crippen molar-refractivity contribution < 1.29 is 9.59 Å². The highest BCUT2D eigenvalue weighted by Crippen LogP contribution is 2.24. The van der Waals surface area contributed by atoms with Crippen LogP contribution in [0.2, 0.25) is 0 Å². The average molecular weight is 340 g/mol. The highest BCUT2D eigenvalue weighted by molar-refractivity contribution is 6.40. The van der Waals surface area contributed by atoms with Gasteiger partial charge >= 0.3 is 0 Å². The molecule has 3 rings (SSSR count). The van der Waals surface area contributed by atoms with E-state index in [9.17, 15) is 9.59 Å². The Bertz CT molecular complexity index is 772. The number of nitrogens with two attached hydrogens (primary N) is 1. The van der Waals surface area contributed by atoms with Gasteiger partial charge in [0.15, 0.2) is 0 Å². The number of rotatable bonds is 6. The number of amides is 2. The molecule has 8 heteroatoms. The maximum Gasteiger partial charge on any atom is 0.267 e. The van der Waals surface area contributed by atoms with E-state index in [4.69, 9.17) is 5.73 Å². The zero-order chi connectivity index (χ0) is 17.8. The number of hydrogen-bond donors (Lipinski definition) is 2. The Hall–Kier alpha value is -3.16. The van der Waals surface area contributed by atoms with Crippen LogP contribution in [0.3, 0.4) is 0 Å². The zero-order valence-corrected chi connectivity index (χ0v) is 13.9. The van der Waals surface area contributed by atoms with E-state index in [-0.39, 0.29) is 18.4 Å². The number of carbonyl (C=O) groups is 2. The van der Waals surface area contributed by atoms with Gasteiger partial charge in [-0.1, -0.05) is 18.2 Å². The smallest absolute Gasteiger partial charge is 0.267 e. The summed E-state index contributed by atoms with van der Waals surface area (Å²) in [6.45, 7) is 2.49. The number of hydrogen-bond acceptors (Lipinski definition) is 5. The molecule has 0 radical (unpaired) electrons. The molecule has 1 aromatic carbocycles. The fraction of sp³-hybridized carbons (Fsp3) is 0.294. The molecule has 8 nitrogen and oxygen atoms in total. The van der Waals surface area contributed by atoms with E-state index in [0.717, 1.165) is 5.69 Å². The summed E-state index contributed by atoms with van der Waals surface area (Å²) in [4.78, 5) is 28.2. The van der Waals surface area contributed by atoms with Gasteiger partial charge in [0, 0.05) is 31.4 Å². The predicted octanol–water partition coefficient (Wildman–Crippen LogP) is 0.508. The Kier molecular flexibility index (Phi) is 4.78. The molecule has 0 unspecified atom stereocenters. The van der Waals surface area contributed by atoms with Crippen molar-refractivity contribution in [2.24, 2.45) is 10.8 Å². The molecule has 0 spiro atoms. The number of para-hydroxylation sites is 1. The molecule has 0 bridgehead atoms.